The van der Waals surface area contributed by atoms with Crippen LogP contribution >= 0.6 is 0 Å². The van der Waals surface area contributed by atoms with Crippen molar-refractivity contribution in [2.24, 2.45) is 0 Å². The van der Waals surface area contributed by atoms with Crippen LogP contribution in [0, 0.1) is 0 Å². The summed E-state index contributed by atoms with van der Waals surface area (Å²) in [4.78, 5) is 34.4. The molecule has 0 aliphatic carbocycles. The van der Waals surface area contributed by atoms with E-state index >= 15 is 0 Å². The van der Waals surface area contributed by atoms with E-state index < -0.39 is 34.7 Å². The number of hydrogen-bond donors (Lipinski definition) is 5. The second-order valence-electron chi connectivity index (χ2n) is 5.10. The monoisotopic (exact) mass is 433 g/mol. The number of anilines is 1. The number of aliphatic hydroxyl groups is 1. The Hall–Kier alpha value is -2.18. The molecule has 0 heterocycles. The number of carbonyl (C=O) groups excluding carboxylic acids is 2. The van der Waals surface area contributed by atoms with E-state index in [-0.39, 0.29) is 59.4 Å². The summed E-state index contributed by atoms with van der Waals surface area (Å²) in [5, 5.41) is 22.0. The van der Waals surface area contributed by atoms with Gasteiger partial charge in [0.05, 0.1) is 16.0 Å². The summed E-state index contributed by atoms with van der Waals surface area (Å²) < 4.78 is 25.7. The standard InChI is InChI=1S/C16H15N3O7S.Ca/c20-9-17-16(24)19-27(25,26)11-7-5-10(6-8-11)18-14(21)12-3-1-2-4-13(12)15(22)23;/h1-8,20H,9H2,(H,18,21)(H,22,23)(H2,17,19,24);. The third-order valence-electron chi connectivity index (χ3n) is 3.29. The van der Waals surface area contributed by atoms with Gasteiger partial charge in [0.25, 0.3) is 15.9 Å². The second kappa shape index (κ2) is 10.4. The largest absolute Gasteiger partial charge is 0.478 e. The Morgan fingerprint density at radius 3 is 2.04 bits per heavy atom. The number of nitrogens with one attached hydrogen (secondary N) is 3. The number of carbonyl (C=O) groups is 3. The summed E-state index contributed by atoms with van der Waals surface area (Å²) in [6.45, 7) is -0.732. The molecule has 0 fully saturated rings. The maximum Gasteiger partial charge on any atom is 0.336 e. The number of hydrogen-bond acceptors (Lipinski definition) is 6. The molecule has 28 heavy (non-hydrogen) atoms. The zero-order chi connectivity index (χ0) is 20.0. The molecule has 0 unspecified atom stereocenters. The van der Waals surface area contributed by atoms with Gasteiger partial charge in [0.15, 0.2) is 0 Å². The van der Waals surface area contributed by atoms with Crippen LogP contribution in [0.25, 0.3) is 0 Å². The summed E-state index contributed by atoms with van der Waals surface area (Å²) in [5.41, 5.74) is -0.00344. The van der Waals surface area contributed by atoms with E-state index in [1.165, 1.54) is 36.4 Å². The van der Waals surface area contributed by atoms with Gasteiger partial charge in [-0.2, -0.15) is 0 Å². The van der Waals surface area contributed by atoms with Gasteiger partial charge in [-0.25, -0.2) is 22.7 Å². The molecule has 0 aromatic heterocycles. The normalized spacial score (nSPS) is 10.3. The summed E-state index contributed by atoms with van der Waals surface area (Å²) in [6.07, 6.45) is 0. The number of amides is 3. The van der Waals surface area contributed by atoms with Crippen LogP contribution < -0.4 is 15.4 Å². The number of sulfonamides is 1. The van der Waals surface area contributed by atoms with E-state index in [9.17, 15) is 22.8 Å². The van der Waals surface area contributed by atoms with Crippen LogP contribution in [0.3, 0.4) is 0 Å². The summed E-state index contributed by atoms with van der Waals surface area (Å²) >= 11 is 0. The molecule has 5 N–H and O–H groups in total. The molecule has 0 aliphatic heterocycles. The number of aliphatic hydroxyl groups excluding tert-OH is 1. The van der Waals surface area contributed by atoms with Gasteiger partial charge in [-0.05, 0) is 36.4 Å². The molecule has 2 radical (unpaired) electrons. The van der Waals surface area contributed by atoms with E-state index in [0.29, 0.717) is 0 Å². The van der Waals surface area contributed by atoms with Crippen LogP contribution in [0.1, 0.15) is 20.7 Å². The molecule has 0 bridgehead atoms. The van der Waals surface area contributed by atoms with Crippen LogP contribution in [0.5, 0.6) is 0 Å². The molecule has 0 spiro atoms. The Balaban J connectivity index is 0.00000392. The third kappa shape index (κ3) is 6.17. The maximum absolute atomic E-state index is 12.3. The smallest absolute Gasteiger partial charge is 0.336 e. The van der Waals surface area contributed by atoms with E-state index in [4.69, 9.17) is 10.2 Å². The summed E-state index contributed by atoms with van der Waals surface area (Å²) in [7, 11) is -4.16. The molecule has 2 aromatic carbocycles. The van der Waals surface area contributed by atoms with Crippen molar-refractivity contribution >= 4 is 71.4 Å². The van der Waals surface area contributed by atoms with Crippen LogP contribution in [-0.4, -0.2) is 81.0 Å². The van der Waals surface area contributed by atoms with E-state index in [2.05, 4.69) is 5.32 Å². The first kappa shape index (κ1) is 23.9. The molecule has 3 amide bonds. The van der Waals surface area contributed by atoms with E-state index in [1.807, 2.05) is 5.32 Å². The Labute approximate surface area is 190 Å². The zero-order valence-electron chi connectivity index (χ0n) is 14.4. The minimum atomic E-state index is -4.16. The molecule has 0 atom stereocenters. The average Bonchev–Trinajstić information content (AvgIpc) is 2.61. The quantitative estimate of drug-likeness (QED) is 0.321. The second-order valence-corrected chi connectivity index (χ2v) is 6.78. The number of urea groups is 1. The van der Waals surface area contributed by atoms with Crippen molar-refractivity contribution in [3.8, 4) is 0 Å². The molecule has 0 saturated heterocycles. The number of benzene rings is 2. The minimum Gasteiger partial charge on any atom is -0.478 e. The first-order chi connectivity index (χ1) is 12.7. The van der Waals surface area contributed by atoms with Gasteiger partial charge in [0.1, 0.15) is 6.73 Å². The van der Waals surface area contributed by atoms with Crippen LogP contribution in [-0.2, 0) is 10.0 Å². The first-order valence-corrected chi connectivity index (χ1v) is 8.88. The first-order valence-electron chi connectivity index (χ1n) is 7.40. The Morgan fingerprint density at radius 2 is 1.50 bits per heavy atom. The van der Waals surface area contributed by atoms with Crippen molar-refractivity contribution < 1.29 is 33.0 Å². The van der Waals surface area contributed by atoms with Crippen LogP contribution in [0.15, 0.2) is 53.4 Å². The molecular formula is C16H15CaN3O7S. The van der Waals surface area contributed by atoms with Crippen molar-refractivity contribution in [3.63, 3.8) is 0 Å². The molecule has 2 aromatic rings. The maximum atomic E-state index is 12.3. The van der Waals surface area contributed by atoms with Gasteiger partial charge >= 0.3 is 12.0 Å². The Morgan fingerprint density at radius 1 is 0.929 bits per heavy atom. The van der Waals surface area contributed by atoms with Gasteiger partial charge in [-0.3, -0.25) is 4.79 Å². The topological polar surface area (TPSA) is 162 Å². The van der Waals surface area contributed by atoms with Crippen molar-refractivity contribution in [2.45, 2.75) is 4.90 Å². The molecule has 0 saturated carbocycles. The third-order valence-corrected chi connectivity index (χ3v) is 4.64. The van der Waals surface area contributed by atoms with Crippen LogP contribution in [0.4, 0.5) is 10.5 Å². The number of rotatable bonds is 6. The fourth-order valence-corrected chi connectivity index (χ4v) is 3.00. The van der Waals surface area contributed by atoms with Gasteiger partial charge in [-0.15, -0.1) is 0 Å². The van der Waals surface area contributed by atoms with Crippen molar-refractivity contribution in [2.75, 3.05) is 12.0 Å². The van der Waals surface area contributed by atoms with Crippen LogP contribution in [0.2, 0.25) is 0 Å². The molecule has 144 valence electrons. The molecule has 12 heteroatoms. The predicted octanol–water partition coefficient (Wildman–Crippen LogP) is 0.194. The molecule has 0 aliphatic rings. The van der Waals surface area contributed by atoms with Gasteiger partial charge < -0.3 is 20.8 Å². The fraction of sp³-hybridized carbons (Fsp3) is 0.0625. The fourth-order valence-electron chi connectivity index (χ4n) is 2.07. The Kier molecular flexibility index (Phi) is 8.85. The van der Waals surface area contributed by atoms with Crippen molar-refractivity contribution in [1.29, 1.82) is 0 Å². The van der Waals surface area contributed by atoms with Crippen molar-refractivity contribution in [3.05, 3.63) is 59.7 Å². The minimum absolute atomic E-state index is 0. The zero-order valence-corrected chi connectivity index (χ0v) is 17.4. The number of carboxylic acids is 1. The number of aromatic carboxylic acids is 1. The van der Waals surface area contributed by atoms with Gasteiger partial charge in [0, 0.05) is 43.4 Å². The molecular weight excluding hydrogens is 418 g/mol. The van der Waals surface area contributed by atoms with Gasteiger partial charge in [-0.1, -0.05) is 12.1 Å². The Bertz CT molecular complexity index is 978. The summed E-state index contributed by atoms with van der Waals surface area (Å²) in [6, 6.07) is 9.39. The summed E-state index contributed by atoms with van der Waals surface area (Å²) in [5.74, 6) is -1.93. The van der Waals surface area contributed by atoms with Gasteiger partial charge in [0.2, 0.25) is 0 Å². The SMILES string of the molecule is O=C(NCO)NS(=O)(=O)c1ccc(NC(=O)c2ccccc2C(=O)O)cc1.[Ca]. The average molecular weight is 433 g/mol. The van der Waals surface area contributed by atoms with Crippen molar-refractivity contribution in [1.82, 2.24) is 10.0 Å². The van der Waals surface area contributed by atoms with E-state index in [0.717, 1.165) is 12.1 Å². The molecule has 10 nitrogen and oxygen atoms in total. The number of carboxylic acid groups (broad SMARTS) is 1. The predicted molar refractivity (Wildman–Crippen MR) is 99.5 cm³/mol. The molecule has 2 rings (SSSR count). The van der Waals surface area contributed by atoms with E-state index in [1.54, 1.807) is 4.72 Å².